The van der Waals surface area contributed by atoms with E-state index >= 15 is 0 Å². The van der Waals surface area contributed by atoms with Crippen LogP contribution in [0.5, 0.6) is 46.0 Å². The van der Waals surface area contributed by atoms with E-state index in [2.05, 4.69) is 9.80 Å². The van der Waals surface area contributed by atoms with Crippen molar-refractivity contribution in [3.05, 3.63) is 93.9 Å². The molecular weight excluding hydrogens is 568 g/mol. The van der Waals surface area contributed by atoms with E-state index < -0.39 is 12.8 Å². The molecule has 4 aromatic carbocycles. The standard InChI is InChI=1S/C37H38N2O6/c1-38-13-11-24-18-31(41-4)33-20-27(24)28(38)16-23-7-10-30(40-3)32(17-23)44-26-8-5-22(6-9-26)15-29-35-25(12-14-39(29)2)19-34-36(37(35)45-33)43-21-42-34/h5-10,17-20,28-29H,11-16,21H2,1-4H3/t28-,29+/m0/s1/i10D,17D,18D,19D,20D,21D2. The van der Waals surface area contributed by atoms with Gasteiger partial charge in [-0.25, -0.2) is 0 Å². The monoisotopic (exact) mass is 613 g/mol. The van der Waals surface area contributed by atoms with Crippen LogP contribution < -0.4 is 28.4 Å². The van der Waals surface area contributed by atoms with Crippen molar-refractivity contribution < 1.29 is 38.0 Å². The van der Waals surface area contributed by atoms with E-state index in [1.165, 1.54) is 14.2 Å². The molecule has 6 bridgehead atoms. The highest BCUT2D eigenvalue weighted by Gasteiger charge is 2.36. The molecule has 5 heterocycles. The molecule has 4 aromatic rings. The number of fused-ring (bicyclic) bond motifs is 3. The number of likely N-dealkylation sites (N-methyl/N-ethyl adjacent to an activating group) is 2. The van der Waals surface area contributed by atoms with Gasteiger partial charge in [0.25, 0.3) is 0 Å². The van der Waals surface area contributed by atoms with Gasteiger partial charge in [-0.3, -0.25) is 9.80 Å². The molecule has 0 N–H and O–H groups in total. The molecule has 0 amide bonds. The lowest BCUT2D eigenvalue weighted by atomic mass is 9.87. The number of nitrogens with zero attached hydrogens (tertiary/aromatic N) is 2. The van der Waals surface area contributed by atoms with E-state index in [9.17, 15) is 4.11 Å². The van der Waals surface area contributed by atoms with E-state index in [1.54, 1.807) is 18.2 Å². The fourth-order valence-electron chi connectivity index (χ4n) is 6.74. The van der Waals surface area contributed by atoms with Crippen LogP contribution >= 0.6 is 0 Å². The maximum absolute atomic E-state index is 9.71. The summed E-state index contributed by atoms with van der Waals surface area (Å²) in [6, 6.07) is 8.30. The third kappa shape index (κ3) is 4.93. The first-order chi connectivity index (χ1) is 24.8. The molecule has 5 aliphatic heterocycles. The molecule has 5 aliphatic rings. The average molecular weight is 614 g/mol. The van der Waals surface area contributed by atoms with E-state index in [4.69, 9.17) is 33.9 Å². The molecule has 0 saturated heterocycles. The van der Waals surface area contributed by atoms with Crippen LogP contribution in [0, 0.1) is 0 Å². The molecule has 9 rings (SSSR count). The number of benzene rings is 4. The van der Waals surface area contributed by atoms with Gasteiger partial charge in [0, 0.05) is 30.7 Å². The molecule has 8 nitrogen and oxygen atoms in total. The molecule has 2 atom stereocenters. The van der Waals surface area contributed by atoms with Gasteiger partial charge in [-0.05, 0) is 110 Å². The summed E-state index contributed by atoms with van der Waals surface area (Å²) in [4.78, 5) is 4.20. The first kappa shape index (κ1) is 21.4. The van der Waals surface area contributed by atoms with Crippen LogP contribution in [0.25, 0.3) is 0 Å². The second kappa shape index (κ2) is 11.2. The molecule has 0 saturated carbocycles. The Labute approximate surface area is 273 Å². The molecule has 0 unspecified atom stereocenters. The Kier molecular flexibility index (Phi) is 5.31. The Morgan fingerprint density at radius 1 is 0.733 bits per heavy atom. The predicted molar refractivity (Wildman–Crippen MR) is 171 cm³/mol. The maximum atomic E-state index is 9.71. The number of ether oxygens (including phenoxy) is 6. The summed E-state index contributed by atoms with van der Waals surface area (Å²) in [5.74, 6) is 0.661. The van der Waals surface area contributed by atoms with Crippen LogP contribution in [0.4, 0.5) is 0 Å². The van der Waals surface area contributed by atoms with Crippen molar-refractivity contribution in [2.45, 2.75) is 37.8 Å². The van der Waals surface area contributed by atoms with Crippen molar-refractivity contribution in [3.8, 4) is 46.0 Å². The smallest absolute Gasteiger partial charge is 0.231 e. The predicted octanol–water partition coefficient (Wildman–Crippen LogP) is 6.87. The van der Waals surface area contributed by atoms with E-state index in [0.717, 1.165) is 5.56 Å². The van der Waals surface area contributed by atoms with Crippen LogP contribution in [-0.2, 0) is 25.7 Å². The highest BCUT2D eigenvalue weighted by atomic mass is 16.7. The summed E-state index contributed by atoms with van der Waals surface area (Å²) in [5, 5.41) is 0. The van der Waals surface area contributed by atoms with Crippen molar-refractivity contribution in [2.24, 2.45) is 0 Å². The number of hydrogen-bond donors (Lipinski definition) is 0. The second-order valence-corrected chi connectivity index (χ2v) is 11.8. The van der Waals surface area contributed by atoms with E-state index in [1.807, 2.05) is 26.2 Å². The van der Waals surface area contributed by atoms with Crippen molar-refractivity contribution in [1.82, 2.24) is 9.80 Å². The summed E-state index contributed by atoms with van der Waals surface area (Å²) in [6.45, 7) is -1.39. The summed E-state index contributed by atoms with van der Waals surface area (Å²) in [7, 11) is 6.76. The summed E-state index contributed by atoms with van der Waals surface area (Å²) in [6.07, 6.45) is 1.60. The highest BCUT2D eigenvalue weighted by molar-refractivity contribution is 5.64. The van der Waals surface area contributed by atoms with Gasteiger partial charge >= 0.3 is 0 Å². The molecule has 45 heavy (non-hydrogen) atoms. The minimum absolute atomic E-state index is 0.0177. The fourth-order valence-corrected chi connectivity index (χ4v) is 6.74. The number of hydrogen-bond acceptors (Lipinski definition) is 8. The second-order valence-electron chi connectivity index (χ2n) is 11.8. The Balaban J connectivity index is 1.43. The van der Waals surface area contributed by atoms with Crippen LogP contribution in [-0.4, -0.2) is 57.9 Å². The maximum Gasteiger partial charge on any atom is 0.231 e. The Morgan fingerprint density at radius 2 is 1.47 bits per heavy atom. The normalized spacial score (nSPS) is 23.7. The summed E-state index contributed by atoms with van der Waals surface area (Å²) in [5.41, 5.74) is 3.81. The minimum atomic E-state index is -2.56. The fraction of sp³-hybridized carbons (Fsp3) is 0.351. The van der Waals surface area contributed by atoms with Gasteiger partial charge in [-0.15, -0.1) is 0 Å². The van der Waals surface area contributed by atoms with Gasteiger partial charge in [0.15, 0.2) is 34.5 Å². The van der Waals surface area contributed by atoms with Crippen molar-refractivity contribution >= 4 is 0 Å². The minimum Gasteiger partial charge on any atom is -0.493 e. The molecule has 0 aliphatic carbocycles. The van der Waals surface area contributed by atoms with E-state index in [0.29, 0.717) is 65.9 Å². The molecule has 0 aromatic heterocycles. The Morgan fingerprint density at radius 3 is 2.27 bits per heavy atom. The Bertz CT molecular complexity index is 2130. The summed E-state index contributed by atoms with van der Waals surface area (Å²) >= 11 is 0. The van der Waals surface area contributed by atoms with Crippen LogP contribution in [0.15, 0.2) is 60.5 Å². The lowest BCUT2D eigenvalue weighted by molar-refractivity contribution is 0.171. The highest BCUT2D eigenvalue weighted by Crippen LogP contribution is 2.53. The van der Waals surface area contributed by atoms with Gasteiger partial charge in [0.1, 0.15) is 8.49 Å². The molecule has 232 valence electrons. The van der Waals surface area contributed by atoms with Crippen molar-refractivity contribution in [3.63, 3.8) is 0 Å². The van der Waals surface area contributed by atoms with Crippen molar-refractivity contribution in [1.29, 1.82) is 0 Å². The zero-order valence-electron chi connectivity index (χ0n) is 32.6. The SMILES string of the molecule is [2H]c1cc2c([2H])c(c1OC)Oc1ccc(cc1)C[C@@H]1c3c(c([2H])c4c(c3Oc3c([2H])c5c(c([2H])c3OC)CCN(C)[C@H]5C2)OC([2H])([2H])O4)CCN1C. The van der Waals surface area contributed by atoms with Gasteiger partial charge in [-0.2, -0.15) is 0 Å². The first-order valence-electron chi connectivity index (χ1n) is 18.6. The molecule has 0 radical (unpaired) electrons. The lowest BCUT2D eigenvalue weighted by Gasteiger charge is -2.37. The van der Waals surface area contributed by atoms with Gasteiger partial charge in [-0.1, -0.05) is 18.2 Å². The third-order valence-electron chi connectivity index (χ3n) is 9.19. The van der Waals surface area contributed by atoms with Crippen LogP contribution in [0.1, 0.15) is 55.1 Å². The third-order valence-corrected chi connectivity index (χ3v) is 9.19. The first-order valence-corrected chi connectivity index (χ1v) is 15.1. The quantitative estimate of drug-likeness (QED) is 0.243. The number of rotatable bonds is 2. The molecular formula is C37H38N2O6. The van der Waals surface area contributed by atoms with Crippen molar-refractivity contribution in [2.75, 3.05) is 48.1 Å². The molecule has 0 spiro atoms. The van der Waals surface area contributed by atoms with Gasteiger partial charge < -0.3 is 28.4 Å². The van der Waals surface area contributed by atoms with Gasteiger partial charge in [0.2, 0.25) is 12.5 Å². The average Bonchev–Trinajstić information content (AvgIpc) is 3.44. The topological polar surface area (TPSA) is 61.9 Å². The summed E-state index contributed by atoms with van der Waals surface area (Å²) < 4.78 is 98.6. The largest absolute Gasteiger partial charge is 0.493 e. The Hall–Kier alpha value is -4.40. The van der Waals surface area contributed by atoms with Crippen LogP contribution in [0.3, 0.4) is 0 Å². The van der Waals surface area contributed by atoms with Gasteiger partial charge in [0.05, 0.1) is 21.1 Å². The zero-order chi connectivity index (χ0) is 36.8. The van der Waals surface area contributed by atoms with E-state index in [-0.39, 0.29) is 82.9 Å². The lowest BCUT2D eigenvalue weighted by Crippen LogP contribution is -2.34. The molecule has 8 heteroatoms. The number of methoxy groups -OCH3 is 2. The molecule has 0 fully saturated rings. The zero-order valence-corrected chi connectivity index (χ0v) is 25.6. The van der Waals surface area contributed by atoms with Crippen LogP contribution in [0.2, 0.25) is 0 Å².